The molecule has 0 N–H and O–H groups in total. The molecule has 3 heteroatoms. The van der Waals surface area contributed by atoms with Crippen LogP contribution in [-0.2, 0) is 0 Å². The molecule has 2 rings (SSSR count). The second-order valence-corrected chi connectivity index (χ2v) is 3.32. The fourth-order valence-corrected chi connectivity index (χ4v) is 1.61. The van der Waals surface area contributed by atoms with E-state index >= 15 is 0 Å². The molecular formula is C10H12N2O. The lowest BCUT2D eigenvalue weighted by Gasteiger charge is -1.96. The van der Waals surface area contributed by atoms with Gasteiger partial charge in [-0.15, -0.1) is 0 Å². The molecule has 1 aliphatic carbocycles. The van der Waals surface area contributed by atoms with Crippen LogP contribution < -0.4 is 0 Å². The van der Waals surface area contributed by atoms with Crippen molar-refractivity contribution in [2.24, 2.45) is 0 Å². The van der Waals surface area contributed by atoms with Gasteiger partial charge in [0.1, 0.15) is 6.33 Å². The van der Waals surface area contributed by atoms with E-state index in [1.54, 1.807) is 18.5 Å². The predicted octanol–water partition coefficient (Wildman–Crippen LogP) is 2.02. The normalized spacial score (nSPS) is 16.2. The Kier molecular flexibility index (Phi) is 2.25. The highest BCUT2D eigenvalue weighted by molar-refractivity contribution is 5.90. The van der Waals surface area contributed by atoms with Gasteiger partial charge in [0.15, 0.2) is 0 Å². The van der Waals surface area contributed by atoms with Crippen LogP contribution in [0.25, 0.3) is 0 Å². The molecule has 0 saturated heterocycles. The van der Waals surface area contributed by atoms with Crippen LogP contribution in [-0.4, -0.2) is 15.5 Å². The van der Waals surface area contributed by atoms with Crippen LogP contribution in [0.3, 0.4) is 0 Å². The molecule has 0 aromatic carbocycles. The highest BCUT2D eigenvalue weighted by Crippen LogP contribution is 2.23. The van der Waals surface area contributed by atoms with Crippen molar-refractivity contribution in [3.05, 3.63) is 30.4 Å². The SMILES string of the molecule is O=C(C=C1CCCC1)n1ccnc1. The zero-order valence-corrected chi connectivity index (χ0v) is 7.44. The Bertz CT molecular complexity index is 317. The molecule has 0 bridgehead atoms. The van der Waals surface area contributed by atoms with E-state index in [0.29, 0.717) is 0 Å². The van der Waals surface area contributed by atoms with Crippen LogP contribution in [0.2, 0.25) is 0 Å². The molecule has 1 fully saturated rings. The lowest BCUT2D eigenvalue weighted by atomic mass is 10.2. The van der Waals surface area contributed by atoms with Crippen LogP contribution in [0, 0.1) is 0 Å². The molecule has 0 spiro atoms. The van der Waals surface area contributed by atoms with E-state index < -0.39 is 0 Å². The maximum Gasteiger partial charge on any atom is 0.255 e. The Balaban J connectivity index is 2.10. The molecule has 0 amide bonds. The van der Waals surface area contributed by atoms with E-state index in [0.717, 1.165) is 12.8 Å². The summed E-state index contributed by atoms with van der Waals surface area (Å²) in [5.41, 5.74) is 1.28. The smallest absolute Gasteiger partial charge is 0.255 e. The summed E-state index contributed by atoms with van der Waals surface area (Å²) in [6.45, 7) is 0. The Morgan fingerprint density at radius 2 is 2.23 bits per heavy atom. The molecule has 1 heterocycles. The predicted molar refractivity (Wildman–Crippen MR) is 49.4 cm³/mol. The maximum atomic E-state index is 11.5. The van der Waals surface area contributed by atoms with Crippen molar-refractivity contribution in [2.45, 2.75) is 25.7 Å². The zero-order chi connectivity index (χ0) is 9.10. The van der Waals surface area contributed by atoms with Gasteiger partial charge in [-0.1, -0.05) is 5.57 Å². The van der Waals surface area contributed by atoms with Gasteiger partial charge in [-0.2, -0.15) is 0 Å². The number of hydrogen-bond acceptors (Lipinski definition) is 2. The number of allylic oxidation sites excluding steroid dienone is 2. The second kappa shape index (κ2) is 3.56. The van der Waals surface area contributed by atoms with E-state index in [2.05, 4.69) is 4.98 Å². The molecule has 1 aromatic heterocycles. The average molecular weight is 176 g/mol. The van der Waals surface area contributed by atoms with Gasteiger partial charge in [0.2, 0.25) is 0 Å². The topological polar surface area (TPSA) is 34.9 Å². The van der Waals surface area contributed by atoms with Gasteiger partial charge < -0.3 is 0 Å². The highest BCUT2D eigenvalue weighted by atomic mass is 16.1. The van der Waals surface area contributed by atoms with E-state index in [4.69, 9.17) is 0 Å². The number of hydrogen-bond donors (Lipinski definition) is 0. The number of carbonyl (C=O) groups is 1. The zero-order valence-electron chi connectivity index (χ0n) is 7.44. The van der Waals surface area contributed by atoms with Crippen molar-refractivity contribution in [3.63, 3.8) is 0 Å². The van der Waals surface area contributed by atoms with Gasteiger partial charge in [0.25, 0.3) is 5.91 Å². The number of nitrogens with zero attached hydrogens (tertiary/aromatic N) is 2. The highest BCUT2D eigenvalue weighted by Gasteiger charge is 2.08. The number of aromatic nitrogens is 2. The minimum Gasteiger partial charge on any atom is -0.273 e. The van der Waals surface area contributed by atoms with E-state index in [1.165, 1.54) is 29.3 Å². The van der Waals surface area contributed by atoms with Crippen LogP contribution >= 0.6 is 0 Å². The fourth-order valence-electron chi connectivity index (χ4n) is 1.61. The monoisotopic (exact) mass is 176 g/mol. The van der Waals surface area contributed by atoms with E-state index in [1.807, 2.05) is 0 Å². The van der Waals surface area contributed by atoms with Gasteiger partial charge in [-0.25, -0.2) is 4.98 Å². The number of imidazole rings is 1. The van der Waals surface area contributed by atoms with E-state index in [-0.39, 0.29) is 5.91 Å². The summed E-state index contributed by atoms with van der Waals surface area (Å²) < 4.78 is 1.51. The maximum absolute atomic E-state index is 11.5. The molecule has 0 unspecified atom stereocenters. The van der Waals surface area contributed by atoms with Gasteiger partial charge in [0.05, 0.1) is 0 Å². The molecule has 3 nitrogen and oxygen atoms in total. The van der Waals surface area contributed by atoms with Gasteiger partial charge in [0, 0.05) is 18.5 Å². The van der Waals surface area contributed by atoms with Gasteiger partial charge in [-0.3, -0.25) is 9.36 Å². The first kappa shape index (κ1) is 8.23. The first-order chi connectivity index (χ1) is 6.36. The van der Waals surface area contributed by atoms with Crippen LogP contribution in [0.4, 0.5) is 0 Å². The standard InChI is InChI=1S/C10H12N2O/c13-10(12-6-5-11-8-12)7-9-3-1-2-4-9/h5-8H,1-4H2. The minimum absolute atomic E-state index is 0.0226. The first-order valence-electron chi connectivity index (χ1n) is 4.58. The van der Waals surface area contributed by atoms with Crippen molar-refractivity contribution >= 4 is 5.91 Å². The van der Waals surface area contributed by atoms with Gasteiger partial charge in [-0.05, 0) is 25.7 Å². The van der Waals surface area contributed by atoms with Crippen LogP contribution in [0.15, 0.2) is 30.4 Å². The largest absolute Gasteiger partial charge is 0.273 e. The quantitative estimate of drug-likeness (QED) is 0.613. The Labute approximate surface area is 77.1 Å². The summed E-state index contributed by atoms with van der Waals surface area (Å²) in [5.74, 6) is 0.0226. The number of rotatable bonds is 1. The fraction of sp³-hybridized carbons (Fsp3) is 0.400. The molecule has 1 aliphatic rings. The Morgan fingerprint density at radius 3 is 2.85 bits per heavy atom. The molecule has 0 aliphatic heterocycles. The average Bonchev–Trinajstić information content (AvgIpc) is 2.74. The summed E-state index contributed by atoms with van der Waals surface area (Å²) >= 11 is 0. The lowest BCUT2D eigenvalue weighted by Crippen LogP contribution is -2.04. The van der Waals surface area contributed by atoms with Crippen molar-refractivity contribution in [2.75, 3.05) is 0 Å². The van der Waals surface area contributed by atoms with E-state index in [9.17, 15) is 4.79 Å². The van der Waals surface area contributed by atoms with Gasteiger partial charge >= 0.3 is 0 Å². The summed E-state index contributed by atoms with van der Waals surface area (Å²) in [6.07, 6.45) is 11.2. The molecule has 1 saturated carbocycles. The Morgan fingerprint density at radius 1 is 1.46 bits per heavy atom. The van der Waals surface area contributed by atoms with Crippen LogP contribution in [0.5, 0.6) is 0 Å². The summed E-state index contributed by atoms with van der Waals surface area (Å²) in [4.78, 5) is 15.3. The molecule has 68 valence electrons. The lowest BCUT2D eigenvalue weighted by molar-refractivity contribution is 0.0967. The first-order valence-corrected chi connectivity index (χ1v) is 4.58. The van der Waals surface area contributed by atoms with Crippen molar-refractivity contribution in [3.8, 4) is 0 Å². The molecular weight excluding hydrogens is 164 g/mol. The third-order valence-corrected chi connectivity index (χ3v) is 2.33. The second-order valence-electron chi connectivity index (χ2n) is 3.32. The minimum atomic E-state index is 0.0226. The summed E-state index contributed by atoms with van der Waals surface area (Å²) in [6, 6.07) is 0. The third-order valence-electron chi connectivity index (χ3n) is 2.33. The molecule has 13 heavy (non-hydrogen) atoms. The summed E-state index contributed by atoms with van der Waals surface area (Å²) in [5, 5.41) is 0. The number of carbonyl (C=O) groups excluding carboxylic acids is 1. The third kappa shape index (κ3) is 1.86. The molecule has 0 atom stereocenters. The van der Waals surface area contributed by atoms with Crippen LogP contribution in [0.1, 0.15) is 30.5 Å². The molecule has 0 radical (unpaired) electrons. The van der Waals surface area contributed by atoms with Crippen molar-refractivity contribution in [1.29, 1.82) is 0 Å². The van der Waals surface area contributed by atoms with Crippen molar-refractivity contribution < 1.29 is 4.79 Å². The Hall–Kier alpha value is -1.38. The summed E-state index contributed by atoms with van der Waals surface area (Å²) in [7, 11) is 0. The van der Waals surface area contributed by atoms with Crippen molar-refractivity contribution in [1.82, 2.24) is 9.55 Å². The molecule has 1 aromatic rings.